The van der Waals surface area contributed by atoms with Crippen LogP contribution in [0, 0.1) is 0 Å². The number of hydrogen-bond donors (Lipinski definition) is 14. The summed E-state index contributed by atoms with van der Waals surface area (Å²) in [6.07, 6.45) is -40.5. The fourth-order valence-corrected chi connectivity index (χ4v) is 7.18. The minimum absolute atomic E-state index is 0.879. The van der Waals surface area contributed by atoms with Gasteiger partial charge in [0.2, 0.25) is 11.8 Å². The van der Waals surface area contributed by atoms with Crippen LogP contribution in [0.15, 0.2) is 0 Å². The van der Waals surface area contributed by atoms with Gasteiger partial charge >= 0.3 is 32.7 Å². The van der Waals surface area contributed by atoms with Gasteiger partial charge in [-0.3, -0.25) is 18.7 Å². The molecule has 4 rings (SSSR count). The number of amides is 2. The number of carboxylic acids is 2. The molecule has 0 radical (unpaired) electrons. The molecule has 61 heavy (non-hydrogen) atoms. The highest BCUT2D eigenvalue weighted by Gasteiger charge is 2.57. The van der Waals surface area contributed by atoms with E-state index in [4.69, 9.17) is 37.7 Å². The predicted molar refractivity (Wildman–Crippen MR) is 179 cm³/mol. The number of aliphatic hydroxyl groups excluding tert-OH is 8. The Labute approximate surface area is 342 Å². The zero-order valence-corrected chi connectivity index (χ0v) is 32.7. The van der Waals surface area contributed by atoms with E-state index >= 15 is 0 Å². The standard InChI is InChI=1S/C28H44N2O29S2/c1-5(31)29-9-12(34)11(33)7(3-51-60(45,46)47)53-26(9)58-20-15(37)17(39)28(59-22(20)24(42)43)56-18-8(4-52-61(48,49)50)54-27(10(13(18)35)30-6(2)32)57-19-14(36)16(38)25(44)55-21(19)23(40)41/h7-22,25-28,33-39,44H,3-4H2,1-2H3,(H,29,31)(H,30,32)(H,40,41)(H,42,43)(H,45,46,47)(H,48,49,50)/t7?,8?,9?,10?,11-,12-,13-,14-,15-,16?,17?,18-,19+,20+,21?,22?,25-,26?,27+,28-/m1/s1. The first-order valence-corrected chi connectivity index (χ1v) is 20.1. The monoisotopic (exact) mass is 936 g/mol. The van der Waals surface area contributed by atoms with Gasteiger partial charge in [0.15, 0.2) is 37.4 Å². The Morgan fingerprint density at radius 2 is 0.918 bits per heavy atom. The maximum Gasteiger partial charge on any atom is 0.397 e. The molecule has 352 valence electrons. The first-order valence-electron chi connectivity index (χ1n) is 17.4. The zero-order valence-electron chi connectivity index (χ0n) is 31.1. The SMILES string of the molecule is CC(=O)NC1C(O[C@@H]2C(C(=O)O)O[C@@H](O[C@@H]3C(COS(=O)(=O)O)O[C@@H](O[C@@H]4C(C(=O)O)O[C@@H](O)C(O)[C@H]4O)C(NC(C)=O)[C@H]3O)C(O)[C@H]2O)OC(COS(=O)(=O)O)[C@@H](O)[C@@H]1O. The van der Waals surface area contributed by atoms with E-state index in [9.17, 15) is 91.6 Å². The number of rotatable bonds is 16. The van der Waals surface area contributed by atoms with Crippen molar-refractivity contribution in [3.63, 3.8) is 0 Å². The fourth-order valence-electron chi connectivity index (χ4n) is 6.57. The Balaban J connectivity index is 1.65. The van der Waals surface area contributed by atoms with Gasteiger partial charge < -0.3 is 94.9 Å². The van der Waals surface area contributed by atoms with Gasteiger partial charge in [0, 0.05) is 13.8 Å². The summed E-state index contributed by atoms with van der Waals surface area (Å²) in [7, 11) is -10.5. The van der Waals surface area contributed by atoms with Gasteiger partial charge in [-0.1, -0.05) is 0 Å². The second kappa shape index (κ2) is 20.2. The molecular weight excluding hydrogens is 892 g/mol. The van der Waals surface area contributed by atoms with Crippen LogP contribution in [0.4, 0.5) is 0 Å². The lowest BCUT2D eigenvalue weighted by Gasteiger charge is -2.49. The first-order chi connectivity index (χ1) is 28.1. The largest absolute Gasteiger partial charge is 0.479 e. The number of nitrogens with one attached hydrogen (secondary N) is 2. The molecule has 0 spiro atoms. The van der Waals surface area contributed by atoms with Gasteiger partial charge in [0.25, 0.3) is 0 Å². The summed E-state index contributed by atoms with van der Waals surface area (Å²) >= 11 is 0. The summed E-state index contributed by atoms with van der Waals surface area (Å²) in [5, 5.41) is 110. The number of aliphatic carboxylic acids is 2. The van der Waals surface area contributed by atoms with Crippen molar-refractivity contribution in [3.05, 3.63) is 0 Å². The summed E-state index contributed by atoms with van der Waals surface area (Å²) in [6, 6.07) is -3.82. The van der Waals surface area contributed by atoms with Crippen molar-refractivity contribution in [1.29, 1.82) is 0 Å². The van der Waals surface area contributed by atoms with E-state index in [0.29, 0.717) is 0 Å². The number of carbonyl (C=O) groups excluding carboxylic acids is 2. The van der Waals surface area contributed by atoms with E-state index in [2.05, 4.69) is 19.0 Å². The van der Waals surface area contributed by atoms with Gasteiger partial charge in [0.05, 0.1) is 13.2 Å². The average molecular weight is 937 g/mol. The van der Waals surface area contributed by atoms with Crippen molar-refractivity contribution < 1.29 is 138 Å². The van der Waals surface area contributed by atoms with Crippen LogP contribution in [-0.2, 0) is 81.5 Å². The molecule has 4 aliphatic rings. The molecule has 20 atom stereocenters. The quantitative estimate of drug-likeness (QED) is 0.0639. The number of aliphatic hydroxyl groups is 8. The van der Waals surface area contributed by atoms with Crippen molar-refractivity contribution in [1.82, 2.24) is 10.6 Å². The van der Waals surface area contributed by atoms with Crippen LogP contribution in [0.3, 0.4) is 0 Å². The van der Waals surface area contributed by atoms with Gasteiger partial charge in [-0.25, -0.2) is 18.0 Å². The minimum atomic E-state index is -5.38. The average Bonchev–Trinajstić information content (AvgIpc) is 3.14. The molecule has 0 aromatic rings. The summed E-state index contributed by atoms with van der Waals surface area (Å²) in [5.41, 5.74) is 0. The van der Waals surface area contributed by atoms with Gasteiger partial charge in [-0.05, 0) is 0 Å². The highest BCUT2D eigenvalue weighted by atomic mass is 32.3. The topological polar surface area (TPSA) is 486 Å². The molecular formula is C28H44N2O29S2. The van der Waals surface area contributed by atoms with Crippen molar-refractivity contribution in [2.75, 3.05) is 13.2 Å². The number of carboxylic acid groups (broad SMARTS) is 2. The molecule has 0 aromatic carbocycles. The van der Waals surface area contributed by atoms with E-state index < -0.39 is 180 Å². The lowest BCUT2D eigenvalue weighted by Crippen LogP contribution is -2.70. The van der Waals surface area contributed by atoms with E-state index in [1.165, 1.54) is 0 Å². The summed E-state index contributed by atoms with van der Waals surface area (Å²) in [4.78, 5) is 48.6. The van der Waals surface area contributed by atoms with Crippen LogP contribution < -0.4 is 10.6 Å². The van der Waals surface area contributed by atoms with E-state index in [0.717, 1.165) is 13.8 Å². The lowest BCUT2D eigenvalue weighted by molar-refractivity contribution is -0.370. The molecule has 4 saturated heterocycles. The Morgan fingerprint density at radius 1 is 0.508 bits per heavy atom. The Morgan fingerprint density at radius 3 is 1.38 bits per heavy atom. The number of carbonyl (C=O) groups is 4. The number of hydrogen-bond acceptors (Lipinski definition) is 25. The zero-order chi connectivity index (χ0) is 46.0. The fraction of sp³-hybridized carbons (Fsp3) is 0.857. The second-order valence-corrected chi connectivity index (χ2v) is 15.9. The molecule has 4 fully saturated rings. The number of ether oxygens (including phenoxy) is 7. The Bertz CT molecular complexity index is 1790. The van der Waals surface area contributed by atoms with Crippen LogP contribution in [0.5, 0.6) is 0 Å². The summed E-state index contributed by atoms with van der Waals surface area (Å²) < 4.78 is 110. The highest BCUT2D eigenvalue weighted by molar-refractivity contribution is 7.81. The van der Waals surface area contributed by atoms with Crippen LogP contribution >= 0.6 is 0 Å². The summed E-state index contributed by atoms with van der Waals surface area (Å²) in [6.45, 7) is -0.773. The Hall–Kier alpha value is -2.98. The highest BCUT2D eigenvalue weighted by Crippen LogP contribution is 2.35. The minimum Gasteiger partial charge on any atom is -0.479 e. The molecule has 9 unspecified atom stereocenters. The van der Waals surface area contributed by atoms with Crippen LogP contribution in [0.2, 0.25) is 0 Å². The van der Waals surface area contributed by atoms with Crippen molar-refractivity contribution in [3.8, 4) is 0 Å². The maximum absolute atomic E-state index is 12.5. The second-order valence-electron chi connectivity index (χ2n) is 13.7. The third-order valence-electron chi connectivity index (χ3n) is 9.34. The molecule has 33 heteroatoms. The normalized spacial score (nSPS) is 42.3. The van der Waals surface area contributed by atoms with Crippen LogP contribution in [0.25, 0.3) is 0 Å². The van der Waals surface area contributed by atoms with Crippen LogP contribution in [0.1, 0.15) is 13.8 Å². The van der Waals surface area contributed by atoms with E-state index in [1.807, 2.05) is 0 Å². The van der Waals surface area contributed by atoms with Gasteiger partial charge in [-0.2, -0.15) is 16.8 Å². The molecule has 31 nitrogen and oxygen atoms in total. The van der Waals surface area contributed by atoms with Gasteiger partial charge in [0.1, 0.15) is 85.3 Å². The lowest BCUT2D eigenvalue weighted by atomic mass is 9.94. The molecule has 14 N–H and O–H groups in total. The molecule has 0 aliphatic carbocycles. The van der Waals surface area contributed by atoms with E-state index in [1.54, 1.807) is 0 Å². The van der Waals surface area contributed by atoms with Crippen molar-refractivity contribution >= 4 is 44.6 Å². The van der Waals surface area contributed by atoms with E-state index in [-0.39, 0.29) is 0 Å². The molecule has 0 aromatic heterocycles. The third-order valence-corrected chi connectivity index (χ3v) is 10.2. The maximum atomic E-state index is 12.5. The molecule has 4 aliphatic heterocycles. The van der Waals surface area contributed by atoms with Crippen LogP contribution in [-0.4, -0.2) is 237 Å². The third kappa shape index (κ3) is 12.6. The molecule has 0 bridgehead atoms. The summed E-state index contributed by atoms with van der Waals surface area (Å²) in [5.74, 6) is -5.78. The predicted octanol–water partition coefficient (Wildman–Crippen LogP) is -9.62. The van der Waals surface area contributed by atoms with Crippen molar-refractivity contribution in [2.45, 2.75) is 137 Å². The molecule has 4 heterocycles. The smallest absolute Gasteiger partial charge is 0.397 e. The molecule has 0 saturated carbocycles. The van der Waals surface area contributed by atoms with Gasteiger partial charge in [-0.15, -0.1) is 0 Å². The first kappa shape index (κ1) is 50.7. The molecule has 2 amide bonds. The Kier molecular flexibility index (Phi) is 16.8. The van der Waals surface area contributed by atoms with Crippen molar-refractivity contribution in [2.24, 2.45) is 0 Å².